The Hall–Kier alpha value is -0.640. The molecular weight excluding hydrogens is 368 g/mol. The van der Waals surface area contributed by atoms with Gasteiger partial charge in [-0.05, 0) is 25.0 Å². The Morgan fingerprint density at radius 1 is 1.33 bits per heavy atom. The van der Waals surface area contributed by atoms with E-state index in [1.165, 1.54) is 17.3 Å². The molecule has 0 spiro atoms. The van der Waals surface area contributed by atoms with E-state index in [0.29, 0.717) is 13.0 Å². The first-order chi connectivity index (χ1) is 12.8. The molecule has 1 saturated heterocycles. The molecule has 0 aromatic heterocycles. The fourth-order valence-corrected chi connectivity index (χ4v) is 4.41. The van der Waals surface area contributed by atoms with Gasteiger partial charge in [0, 0.05) is 6.54 Å². The first-order valence-electron chi connectivity index (χ1n) is 9.74. The number of nitrogens with one attached hydrogen (secondary N) is 2. The molecule has 0 bridgehead atoms. The van der Waals surface area contributed by atoms with Crippen molar-refractivity contribution in [3.05, 3.63) is 11.6 Å². The molecule has 8 heteroatoms. The third-order valence-electron chi connectivity index (χ3n) is 5.33. The minimum atomic E-state index is -1.31. The number of rotatable bonds is 7. The van der Waals surface area contributed by atoms with E-state index in [0.717, 1.165) is 12.8 Å². The highest BCUT2D eigenvalue weighted by Crippen LogP contribution is 2.30. The molecule has 0 aliphatic carbocycles. The highest BCUT2D eigenvalue weighted by molar-refractivity contribution is 7.99. The summed E-state index contributed by atoms with van der Waals surface area (Å²) in [7, 11) is 0. The molecule has 1 fully saturated rings. The van der Waals surface area contributed by atoms with Crippen LogP contribution in [-0.4, -0.2) is 76.0 Å². The predicted molar refractivity (Wildman–Crippen MR) is 106 cm³/mol. The summed E-state index contributed by atoms with van der Waals surface area (Å²) in [6.45, 7) is 6.66. The Labute approximate surface area is 165 Å². The second-order valence-corrected chi connectivity index (χ2v) is 8.67. The monoisotopic (exact) mass is 402 g/mol. The van der Waals surface area contributed by atoms with Gasteiger partial charge < -0.3 is 30.7 Å². The lowest BCUT2D eigenvalue weighted by Crippen LogP contribution is -2.64. The Morgan fingerprint density at radius 3 is 2.63 bits per heavy atom. The molecule has 2 rings (SSSR count). The number of amides is 1. The lowest BCUT2D eigenvalue weighted by Gasteiger charge is -2.44. The van der Waals surface area contributed by atoms with Crippen molar-refractivity contribution in [3.8, 4) is 0 Å². The van der Waals surface area contributed by atoms with E-state index in [-0.39, 0.29) is 17.9 Å². The zero-order chi connectivity index (χ0) is 20.1. The molecule has 0 saturated carbocycles. The Kier molecular flexibility index (Phi) is 8.58. The lowest BCUT2D eigenvalue weighted by molar-refractivity contribution is -0.208. The smallest absolute Gasteiger partial charge is 0.237 e. The molecule has 7 atom stereocenters. The molecule has 2 aliphatic rings. The number of ether oxygens (including phenoxy) is 1. The minimum Gasteiger partial charge on any atom is -0.388 e. The fourth-order valence-electron chi connectivity index (χ4n) is 3.73. The van der Waals surface area contributed by atoms with E-state index >= 15 is 0 Å². The van der Waals surface area contributed by atoms with Crippen molar-refractivity contribution in [1.82, 2.24) is 10.6 Å². The van der Waals surface area contributed by atoms with Gasteiger partial charge in [0.25, 0.3) is 0 Å². The summed E-state index contributed by atoms with van der Waals surface area (Å²) in [6.07, 6.45) is 2.07. The molecule has 2 heterocycles. The zero-order valence-electron chi connectivity index (χ0n) is 16.6. The van der Waals surface area contributed by atoms with Gasteiger partial charge in [0.1, 0.15) is 29.9 Å². The Bertz CT molecular complexity index is 528. The van der Waals surface area contributed by atoms with Crippen LogP contribution in [0.3, 0.4) is 0 Å². The van der Waals surface area contributed by atoms with Crippen LogP contribution in [0.15, 0.2) is 11.6 Å². The summed E-state index contributed by atoms with van der Waals surface area (Å²) < 4.78 is 5.86. The zero-order valence-corrected chi connectivity index (χ0v) is 17.4. The maximum Gasteiger partial charge on any atom is 0.237 e. The molecule has 7 unspecified atom stereocenters. The predicted octanol–water partition coefficient (Wildman–Crippen LogP) is 0.386. The molecule has 7 nitrogen and oxygen atoms in total. The SMILES string of the molecule is CCCC1=CCNC(C(=O)NC(C(C)C)C2OC(SC)C(O)C(O)C2O)C1. The van der Waals surface area contributed by atoms with E-state index < -0.39 is 35.9 Å². The molecule has 156 valence electrons. The third-order valence-corrected chi connectivity index (χ3v) is 6.18. The normalized spacial score (nSPS) is 35.6. The van der Waals surface area contributed by atoms with Crippen molar-refractivity contribution < 1.29 is 24.9 Å². The van der Waals surface area contributed by atoms with Gasteiger partial charge in [-0.2, -0.15) is 0 Å². The first kappa shape index (κ1) is 22.6. The molecule has 0 radical (unpaired) electrons. The number of aliphatic hydroxyl groups excluding tert-OH is 3. The first-order valence-corrected chi connectivity index (χ1v) is 11.0. The fraction of sp³-hybridized carbons (Fsp3) is 0.842. The van der Waals surface area contributed by atoms with Crippen molar-refractivity contribution in [3.63, 3.8) is 0 Å². The number of hydrogen-bond donors (Lipinski definition) is 5. The number of carbonyl (C=O) groups excluding carboxylic acids is 1. The van der Waals surface area contributed by atoms with Crippen LogP contribution < -0.4 is 10.6 Å². The standard InChI is InChI=1S/C19H34N2O5S/c1-5-6-11-7-8-20-12(9-11)18(25)21-13(10(2)3)17-15(23)14(22)16(24)19(26-17)27-4/h7,10,12-17,19-20,22-24H,5-6,8-9H2,1-4H3,(H,21,25). The van der Waals surface area contributed by atoms with E-state index in [4.69, 9.17) is 4.74 Å². The molecule has 0 aromatic rings. The van der Waals surface area contributed by atoms with Gasteiger partial charge in [-0.3, -0.25) is 4.79 Å². The van der Waals surface area contributed by atoms with E-state index in [2.05, 4.69) is 23.6 Å². The van der Waals surface area contributed by atoms with Crippen molar-refractivity contribution in [2.24, 2.45) is 5.92 Å². The van der Waals surface area contributed by atoms with Crippen LogP contribution in [0, 0.1) is 5.92 Å². The quantitative estimate of drug-likeness (QED) is 0.392. The molecule has 1 amide bonds. The molecule has 5 N–H and O–H groups in total. The van der Waals surface area contributed by atoms with Gasteiger partial charge in [-0.15, -0.1) is 11.8 Å². The summed E-state index contributed by atoms with van der Waals surface area (Å²) >= 11 is 1.27. The number of carbonyl (C=O) groups is 1. The van der Waals surface area contributed by atoms with Crippen LogP contribution in [0.4, 0.5) is 0 Å². The average Bonchev–Trinajstić information content (AvgIpc) is 2.65. The van der Waals surface area contributed by atoms with Gasteiger partial charge in [0.2, 0.25) is 5.91 Å². The number of thioether (sulfide) groups is 1. The largest absolute Gasteiger partial charge is 0.388 e. The van der Waals surface area contributed by atoms with Gasteiger partial charge in [-0.25, -0.2) is 0 Å². The van der Waals surface area contributed by atoms with E-state index in [1.807, 2.05) is 13.8 Å². The van der Waals surface area contributed by atoms with Crippen LogP contribution in [0.1, 0.15) is 40.0 Å². The van der Waals surface area contributed by atoms with Crippen molar-refractivity contribution in [2.45, 2.75) is 82.0 Å². The van der Waals surface area contributed by atoms with Gasteiger partial charge in [-0.1, -0.05) is 38.8 Å². The van der Waals surface area contributed by atoms with Crippen molar-refractivity contribution >= 4 is 17.7 Å². The second kappa shape index (κ2) is 10.2. The summed E-state index contributed by atoms with van der Waals surface area (Å²) in [4.78, 5) is 12.9. The van der Waals surface area contributed by atoms with Crippen LogP contribution in [0.5, 0.6) is 0 Å². The number of aliphatic hydroxyl groups is 3. The van der Waals surface area contributed by atoms with E-state index in [9.17, 15) is 20.1 Å². The molecule has 27 heavy (non-hydrogen) atoms. The Balaban J connectivity index is 2.08. The van der Waals surface area contributed by atoms with Gasteiger partial charge in [0.15, 0.2) is 0 Å². The van der Waals surface area contributed by atoms with Crippen LogP contribution in [0.25, 0.3) is 0 Å². The molecule has 0 aromatic carbocycles. The average molecular weight is 403 g/mol. The summed E-state index contributed by atoms with van der Waals surface area (Å²) in [5, 5.41) is 36.9. The maximum atomic E-state index is 12.9. The van der Waals surface area contributed by atoms with Gasteiger partial charge in [0.05, 0.1) is 12.1 Å². The van der Waals surface area contributed by atoms with Crippen molar-refractivity contribution in [1.29, 1.82) is 0 Å². The van der Waals surface area contributed by atoms with Crippen molar-refractivity contribution in [2.75, 3.05) is 12.8 Å². The topological polar surface area (TPSA) is 111 Å². The van der Waals surface area contributed by atoms with Crippen LogP contribution in [0.2, 0.25) is 0 Å². The highest BCUT2D eigenvalue weighted by atomic mass is 32.2. The molecular formula is C19H34N2O5S. The summed E-state index contributed by atoms with van der Waals surface area (Å²) in [5.41, 5.74) is 0.630. The molecule has 2 aliphatic heterocycles. The number of hydrogen-bond acceptors (Lipinski definition) is 7. The third kappa shape index (κ3) is 5.46. The Morgan fingerprint density at radius 2 is 2.04 bits per heavy atom. The minimum absolute atomic E-state index is 0.0206. The van der Waals surface area contributed by atoms with Crippen LogP contribution >= 0.6 is 11.8 Å². The van der Waals surface area contributed by atoms with Gasteiger partial charge >= 0.3 is 0 Å². The summed E-state index contributed by atoms with van der Waals surface area (Å²) in [6, 6.07) is -0.794. The van der Waals surface area contributed by atoms with Crippen LogP contribution in [-0.2, 0) is 9.53 Å². The highest BCUT2D eigenvalue weighted by Gasteiger charge is 2.47. The van der Waals surface area contributed by atoms with E-state index in [1.54, 1.807) is 6.26 Å². The lowest BCUT2D eigenvalue weighted by atomic mass is 9.88. The maximum absolute atomic E-state index is 12.9. The second-order valence-electron chi connectivity index (χ2n) is 7.73. The summed E-state index contributed by atoms with van der Waals surface area (Å²) in [5.74, 6) is -0.152.